The number of rotatable bonds is 7. The Balaban J connectivity index is 2.17. The Bertz CT molecular complexity index is 647. The Morgan fingerprint density at radius 3 is 2.39 bits per heavy atom. The number of hydrogen-bond donors (Lipinski definition) is 0. The highest BCUT2D eigenvalue weighted by molar-refractivity contribution is 5.46. The molecule has 0 N–H and O–H groups in total. The SMILES string of the molecule is CCCCC#Cc1ccc(Oc2ccccc2)cc1CCCC. The first-order valence-electron chi connectivity index (χ1n) is 8.68. The normalized spacial score (nSPS) is 10.0. The summed E-state index contributed by atoms with van der Waals surface area (Å²) in [4.78, 5) is 0. The van der Waals surface area contributed by atoms with Gasteiger partial charge in [0.05, 0.1) is 0 Å². The van der Waals surface area contributed by atoms with Gasteiger partial charge in [-0.1, -0.05) is 56.7 Å². The molecular weight excluding hydrogens is 280 g/mol. The number of aryl methyl sites for hydroxylation is 1. The highest BCUT2D eigenvalue weighted by Crippen LogP contribution is 2.24. The summed E-state index contributed by atoms with van der Waals surface area (Å²) in [5.74, 6) is 8.40. The van der Waals surface area contributed by atoms with Crippen LogP contribution in [-0.2, 0) is 6.42 Å². The molecule has 0 amide bonds. The average molecular weight is 306 g/mol. The molecule has 2 rings (SSSR count). The molecule has 2 aromatic carbocycles. The second-order valence-corrected chi connectivity index (χ2v) is 5.74. The second-order valence-electron chi connectivity index (χ2n) is 5.74. The maximum Gasteiger partial charge on any atom is 0.127 e. The fraction of sp³-hybridized carbons (Fsp3) is 0.364. The molecule has 0 unspecified atom stereocenters. The molecule has 2 aromatic rings. The molecule has 1 nitrogen and oxygen atoms in total. The van der Waals surface area contributed by atoms with E-state index in [1.165, 1.54) is 31.2 Å². The van der Waals surface area contributed by atoms with Crippen LogP contribution in [0.3, 0.4) is 0 Å². The van der Waals surface area contributed by atoms with Crippen LogP contribution in [0, 0.1) is 11.8 Å². The van der Waals surface area contributed by atoms with Crippen molar-refractivity contribution in [2.24, 2.45) is 0 Å². The van der Waals surface area contributed by atoms with Gasteiger partial charge in [-0.3, -0.25) is 0 Å². The molecule has 0 aliphatic carbocycles. The lowest BCUT2D eigenvalue weighted by Crippen LogP contribution is -1.93. The van der Waals surface area contributed by atoms with Crippen molar-refractivity contribution in [2.45, 2.75) is 52.4 Å². The summed E-state index contributed by atoms with van der Waals surface area (Å²) < 4.78 is 5.95. The second kappa shape index (κ2) is 9.74. The highest BCUT2D eigenvalue weighted by atomic mass is 16.5. The van der Waals surface area contributed by atoms with Crippen molar-refractivity contribution < 1.29 is 4.74 Å². The van der Waals surface area contributed by atoms with E-state index in [1.54, 1.807) is 0 Å². The number of benzene rings is 2. The first kappa shape index (κ1) is 17.2. The standard InChI is InChI=1S/C22H26O/c1-3-5-7-9-13-19-16-17-22(18-20(19)12-6-4-2)23-21-14-10-8-11-15-21/h8,10-11,14-18H,3-7,12H2,1-2H3. The van der Waals surface area contributed by atoms with Gasteiger partial charge in [0.1, 0.15) is 11.5 Å². The van der Waals surface area contributed by atoms with E-state index < -0.39 is 0 Å². The van der Waals surface area contributed by atoms with Crippen LogP contribution < -0.4 is 4.74 Å². The van der Waals surface area contributed by atoms with Gasteiger partial charge in [0.15, 0.2) is 0 Å². The molecule has 0 fully saturated rings. The van der Waals surface area contributed by atoms with E-state index in [1.807, 2.05) is 36.4 Å². The zero-order valence-corrected chi connectivity index (χ0v) is 14.3. The van der Waals surface area contributed by atoms with E-state index in [2.05, 4.69) is 37.8 Å². The Kier molecular flexibility index (Phi) is 7.27. The van der Waals surface area contributed by atoms with Gasteiger partial charge in [0, 0.05) is 12.0 Å². The summed E-state index contributed by atoms with van der Waals surface area (Å²) in [6, 6.07) is 16.2. The van der Waals surface area contributed by atoms with E-state index in [-0.39, 0.29) is 0 Å². The fourth-order valence-corrected chi connectivity index (χ4v) is 2.38. The minimum absolute atomic E-state index is 0.871. The van der Waals surface area contributed by atoms with Crippen LogP contribution in [0.4, 0.5) is 0 Å². The van der Waals surface area contributed by atoms with Gasteiger partial charge in [-0.05, 0) is 55.2 Å². The smallest absolute Gasteiger partial charge is 0.127 e. The third-order valence-electron chi connectivity index (χ3n) is 3.73. The monoisotopic (exact) mass is 306 g/mol. The van der Waals surface area contributed by atoms with Gasteiger partial charge in [0.25, 0.3) is 0 Å². The van der Waals surface area contributed by atoms with Crippen LogP contribution in [-0.4, -0.2) is 0 Å². The quantitative estimate of drug-likeness (QED) is 0.427. The van der Waals surface area contributed by atoms with Crippen LogP contribution >= 0.6 is 0 Å². The zero-order valence-electron chi connectivity index (χ0n) is 14.3. The average Bonchev–Trinajstić information content (AvgIpc) is 2.59. The molecule has 0 aliphatic rings. The molecular formula is C22H26O. The molecule has 0 saturated carbocycles. The lowest BCUT2D eigenvalue weighted by atomic mass is 10.0. The lowest BCUT2D eigenvalue weighted by Gasteiger charge is -2.09. The molecule has 0 bridgehead atoms. The van der Waals surface area contributed by atoms with Crippen molar-refractivity contribution in [3.05, 3.63) is 59.7 Å². The maximum atomic E-state index is 5.95. The topological polar surface area (TPSA) is 9.23 Å². The zero-order chi connectivity index (χ0) is 16.3. The third-order valence-corrected chi connectivity index (χ3v) is 3.73. The van der Waals surface area contributed by atoms with E-state index in [9.17, 15) is 0 Å². The Hall–Kier alpha value is -2.20. The number of para-hydroxylation sites is 1. The van der Waals surface area contributed by atoms with Crippen molar-refractivity contribution in [3.8, 4) is 23.3 Å². The molecule has 1 heteroatoms. The summed E-state index contributed by atoms with van der Waals surface area (Å²) in [7, 11) is 0. The lowest BCUT2D eigenvalue weighted by molar-refractivity contribution is 0.482. The predicted molar refractivity (Wildman–Crippen MR) is 98.0 cm³/mol. The van der Waals surface area contributed by atoms with Crippen LogP contribution in [0.1, 0.15) is 57.1 Å². The van der Waals surface area contributed by atoms with Crippen molar-refractivity contribution >= 4 is 0 Å². The summed E-state index contributed by atoms with van der Waals surface area (Å²) in [5, 5.41) is 0. The molecule has 23 heavy (non-hydrogen) atoms. The van der Waals surface area contributed by atoms with Crippen LogP contribution in [0.2, 0.25) is 0 Å². The number of hydrogen-bond acceptors (Lipinski definition) is 1. The largest absolute Gasteiger partial charge is 0.457 e. The van der Waals surface area contributed by atoms with Crippen molar-refractivity contribution in [1.29, 1.82) is 0 Å². The van der Waals surface area contributed by atoms with Gasteiger partial charge in [-0.15, -0.1) is 0 Å². The first-order chi connectivity index (χ1) is 11.3. The van der Waals surface area contributed by atoms with Gasteiger partial charge >= 0.3 is 0 Å². The Labute approximate surface area is 140 Å². The van der Waals surface area contributed by atoms with Crippen LogP contribution in [0.25, 0.3) is 0 Å². The molecule has 0 spiro atoms. The molecule has 0 radical (unpaired) electrons. The molecule has 0 aliphatic heterocycles. The van der Waals surface area contributed by atoms with Gasteiger partial charge < -0.3 is 4.74 Å². The minimum Gasteiger partial charge on any atom is -0.457 e. The highest BCUT2D eigenvalue weighted by Gasteiger charge is 2.04. The van der Waals surface area contributed by atoms with E-state index >= 15 is 0 Å². The Morgan fingerprint density at radius 2 is 1.65 bits per heavy atom. The van der Waals surface area contributed by atoms with Crippen molar-refractivity contribution in [3.63, 3.8) is 0 Å². The fourth-order valence-electron chi connectivity index (χ4n) is 2.38. The van der Waals surface area contributed by atoms with Gasteiger partial charge in [-0.2, -0.15) is 0 Å². The summed E-state index contributed by atoms with van der Waals surface area (Å²) >= 11 is 0. The summed E-state index contributed by atoms with van der Waals surface area (Å²) in [6.07, 6.45) is 6.77. The molecule has 120 valence electrons. The van der Waals surface area contributed by atoms with E-state index in [0.717, 1.165) is 29.9 Å². The number of ether oxygens (including phenoxy) is 1. The van der Waals surface area contributed by atoms with Gasteiger partial charge in [0.2, 0.25) is 0 Å². The number of unbranched alkanes of at least 4 members (excludes halogenated alkanes) is 3. The minimum atomic E-state index is 0.871. The summed E-state index contributed by atoms with van der Waals surface area (Å²) in [5.41, 5.74) is 2.44. The third kappa shape index (κ3) is 5.83. The molecule has 0 saturated heterocycles. The maximum absolute atomic E-state index is 5.95. The van der Waals surface area contributed by atoms with E-state index in [0.29, 0.717) is 0 Å². The van der Waals surface area contributed by atoms with Crippen molar-refractivity contribution in [2.75, 3.05) is 0 Å². The van der Waals surface area contributed by atoms with Crippen LogP contribution in [0.5, 0.6) is 11.5 Å². The first-order valence-corrected chi connectivity index (χ1v) is 8.68. The van der Waals surface area contributed by atoms with Crippen molar-refractivity contribution in [1.82, 2.24) is 0 Å². The molecule has 0 heterocycles. The van der Waals surface area contributed by atoms with Crippen LogP contribution in [0.15, 0.2) is 48.5 Å². The molecule has 0 atom stereocenters. The van der Waals surface area contributed by atoms with Gasteiger partial charge in [-0.25, -0.2) is 0 Å². The summed E-state index contributed by atoms with van der Waals surface area (Å²) in [6.45, 7) is 4.42. The van der Waals surface area contributed by atoms with E-state index in [4.69, 9.17) is 4.74 Å². The predicted octanol–water partition coefficient (Wildman–Crippen LogP) is 6.36. The molecule has 0 aromatic heterocycles. The Morgan fingerprint density at radius 1 is 0.870 bits per heavy atom.